The molecule has 1 heterocycles. The SMILES string of the molecule is COc1ccc2c(c1)CCN(c1ccccc1)C2Cc1ccc(Br)cc1. The van der Waals surface area contributed by atoms with Gasteiger partial charge in [0.15, 0.2) is 0 Å². The molecule has 0 saturated carbocycles. The van der Waals surface area contributed by atoms with Gasteiger partial charge in [-0.15, -0.1) is 0 Å². The van der Waals surface area contributed by atoms with Gasteiger partial charge in [-0.25, -0.2) is 0 Å². The number of methoxy groups -OCH3 is 1. The third-order valence-electron chi connectivity index (χ3n) is 5.14. The van der Waals surface area contributed by atoms with E-state index >= 15 is 0 Å². The summed E-state index contributed by atoms with van der Waals surface area (Å²) in [6, 6.07) is 26.3. The second-order valence-electron chi connectivity index (χ2n) is 6.69. The molecule has 3 heteroatoms. The number of halogens is 1. The Morgan fingerprint density at radius 1 is 1.00 bits per heavy atom. The van der Waals surface area contributed by atoms with Crippen molar-refractivity contribution >= 4 is 21.6 Å². The lowest BCUT2D eigenvalue weighted by atomic mass is 9.88. The molecule has 132 valence electrons. The number of hydrogen-bond donors (Lipinski definition) is 0. The number of ether oxygens (including phenoxy) is 1. The van der Waals surface area contributed by atoms with Crippen LogP contribution in [0.15, 0.2) is 77.3 Å². The maximum Gasteiger partial charge on any atom is 0.119 e. The van der Waals surface area contributed by atoms with Crippen LogP contribution in [0.25, 0.3) is 0 Å². The number of benzene rings is 3. The zero-order valence-electron chi connectivity index (χ0n) is 14.9. The maximum absolute atomic E-state index is 5.44. The van der Waals surface area contributed by atoms with Crippen LogP contribution in [-0.2, 0) is 12.8 Å². The van der Waals surface area contributed by atoms with Gasteiger partial charge in [0.05, 0.1) is 13.2 Å². The smallest absolute Gasteiger partial charge is 0.119 e. The quantitative estimate of drug-likeness (QED) is 0.541. The third kappa shape index (κ3) is 3.49. The van der Waals surface area contributed by atoms with Gasteiger partial charge in [-0.1, -0.05) is 52.3 Å². The van der Waals surface area contributed by atoms with Gasteiger partial charge in [-0.05, 0) is 65.9 Å². The molecule has 26 heavy (non-hydrogen) atoms. The highest BCUT2D eigenvalue weighted by atomic mass is 79.9. The first-order valence-corrected chi connectivity index (χ1v) is 9.77. The lowest BCUT2D eigenvalue weighted by Crippen LogP contribution is -2.36. The average molecular weight is 408 g/mol. The lowest BCUT2D eigenvalue weighted by molar-refractivity contribution is 0.413. The standard InChI is InChI=1S/C23H22BrNO/c1-26-21-11-12-22-18(16-21)13-14-25(20-5-3-2-4-6-20)23(22)15-17-7-9-19(24)10-8-17/h2-12,16,23H,13-15H2,1H3. The molecule has 0 spiro atoms. The topological polar surface area (TPSA) is 12.5 Å². The molecule has 1 aliphatic rings. The van der Waals surface area contributed by atoms with Gasteiger partial charge in [0.2, 0.25) is 0 Å². The monoisotopic (exact) mass is 407 g/mol. The van der Waals surface area contributed by atoms with Crippen LogP contribution in [0.5, 0.6) is 5.75 Å². The Morgan fingerprint density at radius 3 is 2.50 bits per heavy atom. The van der Waals surface area contributed by atoms with Crippen LogP contribution < -0.4 is 9.64 Å². The van der Waals surface area contributed by atoms with E-state index in [-0.39, 0.29) is 0 Å². The van der Waals surface area contributed by atoms with Crippen molar-refractivity contribution in [3.05, 3.63) is 94.0 Å². The summed E-state index contributed by atoms with van der Waals surface area (Å²) < 4.78 is 6.56. The summed E-state index contributed by atoms with van der Waals surface area (Å²) >= 11 is 3.54. The Kier molecular flexibility index (Phi) is 4.98. The molecule has 0 N–H and O–H groups in total. The van der Waals surface area contributed by atoms with Crippen LogP contribution in [0.3, 0.4) is 0 Å². The molecule has 3 aromatic rings. The maximum atomic E-state index is 5.44. The fourth-order valence-corrected chi connectivity index (χ4v) is 4.07. The van der Waals surface area contributed by atoms with E-state index in [0.29, 0.717) is 6.04 Å². The molecule has 2 nitrogen and oxygen atoms in total. The van der Waals surface area contributed by atoms with Gasteiger partial charge in [0.25, 0.3) is 0 Å². The van der Waals surface area contributed by atoms with E-state index < -0.39 is 0 Å². The zero-order chi connectivity index (χ0) is 17.9. The Bertz CT molecular complexity index is 876. The van der Waals surface area contributed by atoms with Crippen LogP contribution >= 0.6 is 15.9 Å². The van der Waals surface area contributed by atoms with Gasteiger partial charge >= 0.3 is 0 Å². The number of hydrogen-bond acceptors (Lipinski definition) is 2. The van der Waals surface area contributed by atoms with Crippen molar-refractivity contribution in [3.63, 3.8) is 0 Å². The van der Waals surface area contributed by atoms with Gasteiger partial charge in [0.1, 0.15) is 5.75 Å². The lowest BCUT2D eigenvalue weighted by Gasteiger charge is -2.39. The summed E-state index contributed by atoms with van der Waals surface area (Å²) in [5.41, 5.74) is 5.45. The van der Waals surface area contributed by atoms with Crippen LogP contribution in [-0.4, -0.2) is 13.7 Å². The fourth-order valence-electron chi connectivity index (χ4n) is 3.81. The summed E-state index contributed by atoms with van der Waals surface area (Å²) in [7, 11) is 1.74. The van der Waals surface area contributed by atoms with Crippen molar-refractivity contribution in [2.45, 2.75) is 18.9 Å². The molecule has 0 bridgehead atoms. The first kappa shape index (κ1) is 17.2. The highest BCUT2D eigenvalue weighted by Crippen LogP contribution is 2.37. The van der Waals surface area contributed by atoms with Crippen molar-refractivity contribution in [1.82, 2.24) is 0 Å². The van der Waals surface area contributed by atoms with E-state index in [9.17, 15) is 0 Å². The molecule has 0 radical (unpaired) electrons. The summed E-state index contributed by atoms with van der Waals surface area (Å²) in [6.45, 7) is 1.02. The van der Waals surface area contributed by atoms with Crippen molar-refractivity contribution in [3.8, 4) is 5.75 Å². The molecule has 3 aromatic carbocycles. The molecule has 1 unspecified atom stereocenters. The number of nitrogens with zero attached hydrogens (tertiary/aromatic N) is 1. The predicted octanol–water partition coefficient (Wildman–Crippen LogP) is 5.80. The van der Waals surface area contributed by atoms with Crippen molar-refractivity contribution in [2.24, 2.45) is 0 Å². The van der Waals surface area contributed by atoms with Crippen molar-refractivity contribution in [1.29, 1.82) is 0 Å². The van der Waals surface area contributed by atoms with Crippen LogP contribution in [0.2, 0.25) is 0 Å². The van der Waals surface area contributed by atoms with E-state index in [1.807, 2.05) is 0 Å². The Balaban J connectivity index is 1.73. The molecule has 0 aromatic heterocycles. The molecule has 1 aliphatic heterocycles. The van der Waals surface area contributed by atoms with Crippen molar-refractivity contribution < 1.29 is 4.74 Å². The minimum Gasteiger partial charge on any atom is -0.497 e. The molecule has 4 rings (SSSR count). The van der Waals surface area contributed by atoms with Crippen LogP contribution in [0.1, 0.15) is 22.7 Å². The second kappa shape index (κ2) is 7.55. The molecule has 0 saturated heterocycles. The summed E-state index contributed by atoms with van der Waals surface area (Å²) in [5, 5.41) is 0. The van der Waals surface area contributed by atoms with Gasteiger partial charge in [-0.3, -0.25) is 0 Å². The Morgan fingerprint density at radius 2 is 1.77 bits per heavy atom. The van der Waals surface area contributed by atoms with E-state index in [1.165, 1.54) is 22.4 Å². The van der Waals surface area contributed by atoms with Crippen LogP contribution in [0.4, 0.5) is 5.69 Å². The van der Waals surface area contributed by atoms with Gasteiger partial charge in [-0.2, -0.15) is 0 Å². The highest BCUT2D eigenvalue weighted by molar-refractivity contribution is 9.10. The minimum atomic E-state index is 0.327. The normalized spacial score (nSPS) is 16.2. The summed E-state index contributed by atoms with van der Waals surface area (Å²) in [4.78, 5) is 2.54. The number of anilines is 1. The number of fused-ring (bicyclic) bond motifs is 1. The predicted molar refractivity (Wildman–Crippen MR) is 111 cm³/mol. The molecule has 0 fully saturated rings. The molecule has 0 amide bonds. The Hall–Kier alpha value is -2.26. The number of para-hydroxylation sites is 1. The molecule has 0 aliphatic carbocycles. The summed E-state index contributed by atoms with van der Waals surface area (Å²) in [6.07, 6.45) is 2.03. The van der Waals surface area contributed by atoms with Crippen LogP contribution in [0, 0.1) is 0 Å². The second-order valence-corrected chi connectivity index (χ2v) is 7.61. The molecular weight excluding hydrogens is 386 g/mol. The van der Waals surface area contributed by atoms with E-state index in [2.05, 4.69) is 93.6 Å². The average Bonchev–Trinajstić information content (AvgIpc) is 2.70. The van der Waals surface area contributed by atoms with E-state index in [4.69, 9.17) is 4.74 Å². The number of rotatable bonds is 4. The molecular formula is C23H22BrNO. The van der Waals surface area contributed by atoms with Gasteiger partial charge in [0, 0.05) is 16.7 Å². The third-order valence-corrected chi connectivity index (χ3v) is 5.67. The largest absolute Gasteiger partial charge is 0.497 e. The summed E-state index contributed by atoms with van der Waals surface area (Å²) in [5.74, 6) is 0.944. The fraction of sp³-hybridized carbons (Fsp3) is 0.217. The first-order valence-electron chi connectivity index (χ1n) is 8.97. The van der Waals surface area contributed by atoms with E-state index in [1.54, 1.807) is 7.11 Å². The van der Waals surface area contributed by atoms with Gasteiger partial charge < -0.3 is 9.64 Å². The molecule has 1 atom stereocenters. The highest BCUT2D eigenvalue weighted by Gasteiger charge is 2.28. The zero-order valence-corrected chi connectivity index (χ0v) is 16.4. The Labute approximate surface area is 163 Å². The first-order chi connectivity index (χ1) is 12.7. The van der Waals surface area contributed by atoms with Crippen molar-refractivity contribution in [2.75, 3.05) is 18.6 Å². The van der Waals surface area contributed by atoms with E-state index in [0.717, 1.165) is 29.6 Å². The minimum absolute atomic E-state index is 0.327.